The van der Waals surface area contributed by atoms with Gasteiger partial charge in [-0.3, -0.25) is 9.69 Å². The number of piperazine rings is 1. The standard InChI is InChI=1S/C27H43F3N4O4S/c1-20-16-24(37-5)17-21(2)26(20)39(36)32(4)14-15-38-18-25(35)34(19-27(28,29)30)23-8-6-22(7-9-23)33-12-10-31(3)11-13-33/h16-17,22-23H,6-15,18-19H2,1-5H3. The minimum absolute atomic E-state index is 0.0677. The van der Waals surface area contributed by atoms with E-state index in [1.807, 2.05) is 26.0 Å². The van der Waals surface area contributed by atoms with Crippen LogP contribution in [0.1, 0.15) is 36.8 Å². The number of methoxy groups -OCH3 is 1. The molecule has 222 valence electrons. The van der Waals surface area contributed by atoms with Crippen LogP contribution in [0.3, 0.4) is 0 Å². The van der Waals surface area contributed by atoms with Crippen LogP contribution in [0.15, 0.2) is 17.0 Å². The van der Waals surface area contributed by atoms with Crippen molar-refractivity contribution in [1.29, 1.82) is 0 Å². The number of benzene rings is 1. The largest absolute Gasteiger partial charge is 0.497 e. The lowest BCUT2D eigenvalue weighted by atomic mass is 9.88. The number of hydrogen-bond donors (Lipinski definition) is 0. The van der Waals surface area contributed by atoms with E-state index >= 15 is 0 Å². The summed E-state index contributed by atoms with van der Waals surface area (Å²) in [7, 11) is 3.89. The predicted octanol–water partition coefficient (Wildman–Crippen LogP) is 3.23. The Morgan fingerprint density at radius 2 is 1.67 bits per heavy atom. The fourth-order valence-electron chi connectivity index (χ4n) is 5.51. The molecule has 0 radical (unpaired) electrons. The van der Waals surface area contributed by atoms with Crippen molar-refractivity contribution in [3.63, 3.8) is 0 Å². The van der Waals surface area contributed by atoms with Gasteiger partial charge in [-0.1, -0.05) is 0 Å². The molecule has 1 saturated heterocycles. The summed E-state index contributed by atoms with van der Waals surface area (Å²) in [5.41, 5.74) is 1.66. The third-order valence-corrected chi connectivity index (χ3v) is 9.48. The molecule has 2 aliphatic rings. The smallest absolute Gasteiger partial charge is 0.406 e. The monoisotopic (exact) mass is 576 g/mol. The second-order valence-electron chi connectivity index (χ2n) is 10.7. The van der Waals surface area contributed by atoms with Gasteiger partial charge >= 0.3 is 6.18 Å². The number of amides is 1. The van der Waals surface area contributed by atoms with Crippen LogP contribution in [-0.4, -0.2) is 121 Å². The molecule has 1 aliphatic heterocycles. The number of carbonyl (C=O) groups excluding carboxylic acids is 1. The molecule has 39 heavy (non-hydrogen) atoms. The molecule has 2 fully saturated rings. The van der Waals surface area contributed by atoms with E-state index in [1.54, 1.807) is 18.5 Å². The SMILES string of the molecule is COc1cc(C)c(S(=O)N(C)CCOCC(=O)N(CC(F)(F)F)C2CCC(N3CCN(C)CC3)CC2)c(C)c1. The summed E-state index contributed by atoms with van der Waals surface area (Å²) in [6.07, 6.45) is -1.78. The molecule has 12 heteroatoms. The number of hydrogen-bond acceptors (Lipinski definition) is 6. The van der Waals surface area contributed by atoms with E-state index in [0.717, 1.165) is 55.0 Å². The molecule has 0 N–H and O–H groups in total. The lowest BCUT2D eigenvalue weighted by Gasteiger charge is -2.43. The van der Waals surface area contributed by atoms with Gasteiger partial charge in [0, 0.05) is 51.9 Å². The number of likely N-dealkylation sites (N-methyl/N-ethyl adjacent to an activating group) is 2. The molecule has 1 heterocycles. The highest BCUT2D eigenvalue weighted by atomic mass is 32.2. The van der Waals surface area contributed by atoms with E-state index in [2.05, 4.69) is 16.8 Å². The number of aryl methyl sites for hydroxylation is 2. The molecule has 1 aliphatic carbocycles. The van der Waals surface area contributed by atoms with Crippen LogP contribution in [-0.2, 0) is 20.5 Å². The van der Waals surface area contributed by atoms with E-state index in [0.29, 0.717) is 29.5 Å². The van der Waals surface area contributed by atoms with E-state index in [1.165, 1.54) is 0 Å². The normalized spacial score (nSPS) is 22.2. The van der Waals surface area contributed by atoms with Gasteiger partial charge in [-0.25, -0.2) is 8.51 Å². The molecule has 8 nitrogen and oxygen atoms in total. The van der Waals surface area contributed by atoms with Gasteiger partial charge in [0.2, 0.25) is 5.91 Å². The van der Waals surface area contributed by atoms with Crippen molar-refractivity contribution in [2.24, 2.45) is 0 Å². The molecule has 0 bridgehead atoms. The first-order valence-corrected chi connectivity index (χ1v) is 14.6. The van der Waals surface area contributed by atoms with Crippen LogP contribution in [0.4, 0.5) is 13.2 Å². The molecule has 1 saturated carbocycles. The molecule has 1 aromatic rings. The van der Waals surface area contributed by atoms with Gasteiger partial charge in [-0.2, -0.15) is 13.2 Å². The van der Waals surface area contributed by atoms with Gasteiger partial charge < -0.3 is 19.3 Å². The highest BCUT2D eigenvalue weighted by Gasteiger charge is 2.38. The molecule has 1 unspecified atom stereocenters. The number of rotatable bonds is 11. The Hall–Kier alpha value is -1.73. The van der Waals surface area contributed by atoms with Crippen molar-refractivity contribution >= 4 is 16.9 Å². The van der Waals surface area contributed by atoms with E-state index in [9.17, 15) is 22.2 Å². The lowest BCUT2D eigenvalue weighted by molar-refractivity contribution is -0.170. The molecular formula is C27H43F3N4O4S. The Morgan fingerprint density at radius 1 is 1.08 bits per heavy atom. The molecule has 1 aromatic carbocycles. The van der Waals surface area contributed by atoms with Crippen molar-refractivity contribution in [1.82, 2.24) is 19.0 Å². The molecule has 1 amide bonds. The summed E-state index contributed by atoms with van der Waals surface area (Å²) in [5.74, 6) is 0.0347. The summed E-state index contributed by atoms with van der Waals surface area (Å²) < 4.78 is 65.6. The summed E-state index contributed by atoms with van der Waals surface area (Å²) in [6.45, 7) is 6.28. The zero-order valence-corrected chi connectivity index (χ0v) is 24.6. The van der Waals surface area contributed by atoms with Gasteiger partial charge in [-0.05, 0) is 69.8 Å². The van der Waals surface area contributed by atoms with Crippen LogP contribution in [0.2, 0.25) is 0 Å². The van der Waals surface area contributed by atoms with E-state index < -0.39 is 42.3 Å². The third-order valence-electron chi connectivity index (χ3n) is 7.73. The maximum Gasteiger partial charge on any atom is 0.406 e. The van der Waals surface area contributed by atoms with Crippen LogP contribution in [0, 0.1) is 13.8 Å². The van der Waals surface area contributed by atoms with Gasteiger partial charge in [-0.15, -0.1) is 0 Å². The minimum Gasteiger partial charge on any atom is -0.497 e. The van der Waals surface area contributed by atoms with Gasteiger partial charge in [0.25, 0.3) is 0 Å². The molecule has 1 atom stereocenters. The van der Waals surface area contributed by atoms with Gasteiger partial charge in [0.1, 0.15) is 29.9 Å². The second-order valence-corrected chi connectivity index (χ2v) is 12.2. The zero-order valence-electron chi connectivity index (χ0n) is 23.8. The number of nitrogens with zero attached hydrogens (tertiary/aromatic N) is 4. The summed E-state index contributed by atoms with van der Waals surface area (Å²) >= 11 is 0. The van der Waals surface area contributed by atoms with E-state index in [4.69, 9.17) is 9.47 Å². The zero-order chi connectivity index (χ0) is 28.7. The average Bonchev–Trinajstić information content (AvgIpc) is 2.89. The number of halogens is 3. The fourth-order valence-corrected chi connectivity index (χ4v) is 6.74. The Morgan fingerprint density at radius 3 is 2.21 bits per heavy atom. The lowest BCUT2D eigenvalue weighted by Crippen LogP contribution is -2.53. The van der Waals surface area contributed by atoms with Crippen molar-refractivity contribution < 1.29 is 31.6 Å². The minimum atomic E-state index is -4.48. The van der Waals surface area contributed by atoms with Gasteiger partial charge in [0.15, 0.2) is 0 Å². The maximum absolute atomic E-state index is 13.4. The van der Waals surface area contributed by atoms with Crippen molar-refractivity contribution in [2.75, 3.05) is 73.7 Å². The van der Waals surface area contributed by atoms with Crippen molar-refractivity contribution in [2.45, 2.75) is 62.7 Å². The number of alkyl halides is 3. The Balaban J connectivity index is 1.50. The van der Waals surface area contributed by atoms with Gasteiger partial charge in [0.05, 0.1) is 18.6 Å². The average molecular weight is 577 g/mol. The van der Waals surface area contributed by atoms with Crippen molar-refractivity contribution in [3.8, 4) is 5.75 Å². The predicted molar refractivity (Wildman–Crippen MR) is 145 cm³/mol. The second kappa shape index (κ2) is 14.2. The first kappa shape index (κ1) is 31.8. The first-order chi connectivity index (χ1) is 18.4. The van der Waals surface area contributed by atoms with Crippen LogP contribution >= 0.6 is 0 Å². The first-order valence-electron chi connectivity index (χ1n) is 13.5. The molecule has 0 spiro atoms. The summed E-state index contributed by atoms with van der Waals surface area (Å²) in [4.78, 5) is 19.2. The summed E-state index contributed by atoms with van der Waals surface area (Å²) in [5, 5.41) is 0. The topological polar surface area (TPSA) is 65.6 Å². The maximum atomic E-state index is 13.4. The van der Waals surface area contributed by atoms with Crippen LogP contribution in [0.5, 0.6) is 5.75 Å². The Bertz CT molecular complexity index is 957. The number of carbonyl (C=O) groups is 1. The third kappa shape index (κ3) is 9.14. The molecule has 3 rings (SSSR count). The molecular weight excluding hydrogens is 533 g/mol. The van der Waals surface area contributed by atoms with Crippen molar-refractivity contribution in [3.05, 3.63) is 23.3 Å². The van der Waals surface area contributed by atoms with Crippen LogP contribution in [0.25, 0.3) is 0 Å². The summed E-state index contributed by atoms with van der Waals surface area (Å²) in [6, 6.07) is 3.56. The fraction of sp³-hybridized carbons (Fsp3) is 0.741. The Kier molecular flexibility index (Phi) is 11.6. The molecule has 0 aromatic heterocycles. The number of ether oxygens (including phenoxy) is 2. The quantitative estimate of drug-likeness (QED) is 0.377. The highest BCUT2D eigenvalue weighted by Crippen LogP contribution is 2.30. The Labute approximate surface area is 233 Å². The van der Waals surface area contributed by atoms with E-state index in [-0.39, 0.29) is 13.2 Å². The van der Waals surface area contributed by atoms with Crippen LogP contribution < -0.4 is 4.74 Å². The highest BCUT2D eigenvalue weighted by molar-refractivity contribution is 7.82.